The Labute approximate surface area is 172 Å². The molecule has 1 heterocycles. The molecule has 0 aromatic heterocycles. The van der Waals surface area contributed by atoms with Crippen LogP contribution in [0.2, 0.25) is 5.02 Å². The fourth-order valence-electron chi connectivity index (χ4n) is 3.21. The quantitative estimate of drug-likeness (QED) is 0.728. The van der Waals surface area contributed by atoms with Gasteiger partial charge in [0.15, 0.2) is 6.61 Å². The maximum Gasteiger partial charge on any atom is 0.311 e. The summed E-state index contributed by atoms with van der Waals surface area (Å²) in [7, 11) is 0. The van der Waals surface area contributed by atoms with Crippen LogP contribution in [0.4, 0.5) is 10.1 Å². The van der Waals surface area contributed by atoms with E-state index in [1.54, 1.807) is 4.90 Å². The van der Waals surface area contributed by atoms with Crippen molar-refractivity contribution in [1.29, 1.82) is 0 Å². The zero-order chi connectivity index (χ0) is 21.0. The van der Waals surface area contributed by atoms with Crippen LogP contribution < -0.4 is 5.32 Å². The lowest BCUT2D eigenvalue weighted by molar-refractivity contribution is -0.151. The molecule has 0 bridgehead atoms. The van der Waals surface area contributed by atoms with Crippen molar-refractivity contribution < 1.29 is 23.5 Å². The van der Waals surface area contributed by atoms with Gasteiger partial charge in [0.1, 0.15) is 5.82 Å². The van der Waals surface area contributed by atoms with Gasteiger partial charge in [0.25, 0.3) is 5.91 Å². The summed E-state index contributed by atoms with van der Waals surface area (Å²) in [6.45, 7) is 1.55. The minimum absolute atomic E-state index is 0.0312. The highest BCUT2D eigenvalue weighted by Gasteiger charge is 2.38. The summed E-state index contributed by atoms with van der Waals surface area (Å²) in [5, 5.41) is 2.51. The number of benzene rings is 2. The highest BCUT2D eigenvalue weighted by molar-refractivity contribution is 6.30. The predicted molar refractivity (Wildman–Crippen MR) is 106 cm³/mol. The number of carbonyl (C=O) groups excluding carboxylic acids is 3. The number of hydrogen-bond acceptors (Lipinski definition) is 4. The van der Waals surface area contributed by atoms with Crippen LogP contribution in [-0.4, -0.2) is 35.8 Å². The van der Waals surface area contributed by atoms with Gasteiger partial charge in [-0.3, -0.25) is 14.4 Å². The van der Waals surface area contributed by atoms with Crippen LogP contribution in [0, 0.1) is 11.7 Å². The zero-order valence-corrected chi connectivity index (χ0v) is 16.5. The van der Waals surface area contributed by atoms with Crippen molar-refractivity contribution in [2.24, 2.45) is 5.92 Å². The van der Waals surface area contributed by atoms with E-state index in [9.17, 15) is 18.8 Å². The third-order valence-electron chi connectivity index (χ3n) is 4.79. The molecule has 8 heteroatoms. The van der Waals surface area contributed by atoms with Crippen molar-refractivity contribution in [3.8, 4) is 0 Å². The molecule has 0 unspecified atom stereocenters. The molecule has 0 spiro atoms. The summed E-state index contributed by atoms with van der Waals surface area (Å²) in [4.78, 5) is 38.2. The Balaban J connectivity index is 1.52. The number of ether oxygens (including phenoxy) is 1. The Morgan fingerprint density at radius 3 is 2.69 bits per heavy atom. The summed E-state index contributed by atoms with van der Waals surface area (Å²) in [6.07, 6.45) is 0.0312. The Bertz CT molecular complexity index is 922. The van der Waals surface area contributed by atoms with Gasteiger partial charge in [0.2, 0.25) is 5.91 Å². The number of amides is 2. The first kappa shape index (κ1) is 20.8. The Morgan fingerprint density at radius 1 is 1.28 bits per heavy atom. The van der Waals surface area contributed by atoms with E-state index in [0.717, 1.165) is 11.6 Å². The molecule has 2 aromatic rings. The summed E-state index contributed by atoms with van der Waals surface area (Å²) < 4.78 is 18.7. The molecule has 29 heavy (non-hydrogen) atoms. The molecule has 1 aliphatic heterocycles. The van der Waals surface area contributed by atoms with Crippen LogP contribution in [0.25, 0.3) is 0 Å². The monoisotopic (exact) mass is 418 g/mol. The van der Waals surface area contributed by atoms with E-state index in [4.69, 9.17) is 16.3 Å². The van der Waals surface area contributed by atoms with Gasteiger partial charge in [-0.05, 0) is 30.7 Å². The second kappa shape index (κ2) is 9.05. The van der Waals surface area contributed by atoms with Crippen molar-refractivity contribution in [2.45, 2.75) is 19.4 Å². The number of likely N-dealkylation sites (tertiary alicyclic amines) is 1. The molecular weight excluding hydrogens is 399 g/mol. The fourth-order valence-corrected chi connectivity index (χ4v) is 3.37. The molecule has 2 aromatic carbocycles. The van der Waals surface area contributed by atoms with Gasteiger partial charge in [-0.1, -0.05) is 41.9 Å². The summed E-state index contributed by atoms with van der Waals surface area (Å²) in [5.74, 6) is -2.79. The number of esters is 1. The van der Waals surface area contributed by atoms with Crippen LogP contribution in [0.5, 0.6) is 0 Å². The molecular formula is C21H20ClFN2O4. The second-order valence-corrected chi connectivity index (χ2v) is 7.25. The molecule has 1 fully saturated rings. The van der Waals surface area contributed by atoms with Crippen molar-refractivity contribution in [1.82, 2.24) is 4.90 Å². The average Bonchev–Trinajstić information content (AvgIpc) is 3.10. The van der Waals surface area contributed by atoms with Crippen molar-refractivity contribution in [3.05, 3.63) is 64.9 Å². The lowest BCUT2D eigenvalue weighted by atomic mass is 10.1. The first-order valence-electron chi connectivity index (χ1n) is 9.11. The average molecular weight is 419 g/mol. The minimum atomic E-state index is -0.691. The van der Waals surface area contributed by atoms with Gasteiger partial charge in [-0.25, -0.2) is 4.39 Å². The molecule has 0 radical (unpaired) electrons. The van der Waals surface area contributed by atoms with Gasteiger partial charge in [-0.15, -0.1) is 0 Å². The molecule has 6 nitrogen and oxygen atoms in total. The number of nitrogens with zero attached hydrogens (tertiary/aromatic N) is 1. The molecule has 2 amide bonds. The predicted octanol–water partition coefficient (Wildman–Crippen LogP) is 3.57. The van der Waals surface area contributed by atoms with Crippen LogP contribution in [-0.2, 0) is 19.1 Å². The first-order valence-corrected chi connectivity index (χ1v) is 9.49. The van der Waals surface area contributed by atoms with E-state index in [2.05, 4.69) is 5.32 Å². The van der Waals surface area contributed by atoms with Crippen LogP contribution >= 0.6 is 11.6 Å². The minimum Gasteiger partial charge on any atom is -0.455 e. The number of anilines is 1. The lowest BCUT2D eigenvalue weighted by Crippen LogP contribution is -2.30. The third kappa shape index (κ3) is 5.12. The topological polar surface area (TPSA) is 75.7 Å². The second-order valence-electron chi connectivity index (χ2n) is 6.81. The Hall–Kier alpha value is -2.93. The van der Waals surface area contributed by atoms with Crippen molar-refractivity contribution in [3.63, 3.8) is 0 Å². The summed E-state index contributed by atoms with van der Waals surface area (Å²) in [5.41, 5.74) is 0.911. The normalized spacial score (nSPS) is 17.1. The van der Waals surface area contributed by atoms with Gasteiger partial charge in [0.05, 0.1) is 17.6 Å². The van der Waals surface area contributed by atoms with Crippen LogP contribution in [0.1, 0.15) is 24.9 Å². The number of hydrogen-bond donors (Lipinski definition) is 1. The Kier molecular flexibility index (Phi) is 6.49. The fraction of sp³-hybridized carbons (Fsp3) is 0.286. The zero-order valence-electron chi connectivity index (χ0n) is 15.7. The SMILES string of the molecule is C[C@H](c1ccccc1)N1C[C@H](C(=O)OCC(=O)Nc2ccc(Cl)cc2F)CC1=O. The Morgan fingerprint density at radius 2 is 2.00 bits per heavy atom. The molecule has 2 atom stereocenters. The summed E-state index contributed by atoms with van der Waals surface area (Å²) >= 11 is 5.66. The molecule has 1 aliphatic rings. The summed E-state index contributed by atoms with van der Waals surface area (Å²) in [6, 6.07) is 13.2. The van der Waals surface area contributed by atoms with Crippen LogP contribution in [0.3, 0.4) is 0 Å². The van der Waals surface area contributed by atoms with E-state index in [0.29, 0.717) is 0 Å². The van der Waals surface area contributed by atoms with Crippen LogP contribution in [0.15, 0.2) is 48.5 Å². The van der Waals surface area contributed by atoms with Crippen molar-refractivity contribution in [2.75, 3.05) is 18.5 Å². The van der Waals surface area contributed by atoms with Gasteiger partial charge < -0.3 is 15.0 Å². The first-order chi connectivity index (χ1) is 13.8. The number of carbonyl (C=O) groups is 3. The van der Waals surface area contributed by atoms with E-state index in [1.807, 2.05) is 37.3 Å². The van der Waals surface area contributed by atoms with Gasteiger partial charge in [-0.2, -0.15) is 0 Å². The highest BCUT2D eigenvalue weighted by Crippen LogP contribution is 2.29. The number of nitrogens with one attached hydrogen (secondary N) is 1. The largest absolute Gasteiger partial charge is 0.455 e. The van der Waals surface area contributed by atoms with E-state index in [-0.39, 0.29) is 35.6 Å². The smallest absolute Gasteiger partial charge is 0.311 e. The van der Waals surface area contributed by atoms with Gasteiger partial charge in [0, 0.05) is 18.0 Å². The van der Waals surface area contributed by atoms with E-state index < -0.39 is 30.2 Å². The maximum absolute atomic E-state index is 13.7. The molecule has 1 saturated heterocycles. The molecule has 0 aliphatic carbocycles. The molecule has 1 N–H and O–H groups in total. The third-order valence-corrected chi connectivity index (χ3v) is 5.03. The number of halogens is 2. The highest BCUT2D eigenvalue weighted by atomic mass is 35.5. The molecule has 152 valence electrons. The van der Waals surface area contributed by atoms with E-state index in [1.165, 1.54) is 12.1 Å². The van der Waals surface area contributed by atoms with Crippen molar-refractivity contribution >= 4 is 35.1 Å². The maximum atomic E-state index is 13.7. The lowest BCUT2D eigenvalue weighted by Gasteiger charge is -2.25. The standard InChI is InChI=1S/C21H20ClFN2O4/c1-13(14-5-3-2-4-6-14)25-11-15(9-20(25)27)21(28)29-12-19(26)24-18-8-7-16(22)10-17(18)23/h2-8,10,13,15H,9,11-12H2,1H3,(H,24,26)/t13-,15-/m1/s1. The van der Waals surface area contributed by atoms with E-state index >= 15 is 0 Å². The molecule has 3 rings (SSSR count). The number of rotatable bonds is 6. The molecule has 0 saturated carbocycles. The van der Waals surface area contributed by atoms with Gasteiger partial charge >= 0.3 is 5.97 Å².